The largest absolute Gasteiger partial charge is 0.371 e. The fourth-order valence-corrected chi connectivity index (χ4v) is 1.97. The molecule has 0 saturated carbocycles. The molecule has 2 atom stereocenters. The molecule has 1 aliphatic heterocycles. The zero-order valence-corrected chi connectivity index (χ0v) is 9.23. The fraction of sp³-hybridized carbons (Fsp3) is 0.429. The van der Waals surface area contributed by atoms with Crippen molar-refractivity contribution in [3.63, 3.8) is 0 Å². The minimum Gasteiger partial charge on any atom is -0.371 e. The van der Waals surface area contributed by atoms with Crippen LogP contribution in [-0.4, -0.2) is 12.2 Å². The lowest BCUT2D eigenvalue weighted by atomic mass is 10.0. The van der Waals surface area contributed by atoms with E-state index in [9.17, 15) is 0 Å². The van der Waals surface area contributed by atoms with Crippen molar-refractivity contribution in [3.8, 4) is 0 Å². The molecule has 0 radical (unpaired) electrons. The Kier molecular flexibility index (Phi) is 3.57. The standard InChI is InChI=1S/C14H18O/c1-12-6-5-9-14(15-12)11-10-13-7-3-2-4-8-13/h2-4,7-8,10-12,14H,5-6,9H2,1H3. The molecule has 0 N–H and O–H groups in total. The minimum atomic E-state index is 0.314. The molecule has 0 spiro atoms. The van der Waals surface area contributed by atoms with Crippen LogP contribution in [-0.2, 0) is 4.74 Å². The van der Waals surface area contributed by atoms with Crippen molar-refractivity contribution in [3.05, 3.63) is 42.0 Å². The van der Waals surface area contributed by atoms with Gasteiger partial charge in [0.15, 0.2) is 0 Å². The lowest BCUT2D eigenvalue weighted by molar-refractivity contribution is -0.0137. The summed E-state index contributed by atoms with van der Waals surface area (Å²) >= 11 is 0. The van der Waals surface area contributed by atoms with E-state index >= 15 is 0 Å². The molecule has 1 heteroatoms. The molecule has 0 bridgehead atoms. The molecule has 0 aliphatic carbocycles. The van der Waals surface area contributed by atoms with Crippen molar-refractivity contribution >= 4 is 6.08 Å². The number of hydrogen-bond acceptors (Lipinski definition) is 1. The SMILES string of the molecule is CC1CCCC(C=Cc2ccccc2)O1. The predicted molar refractivity (Wildman–Crippen MR) is 63.7 cm³/mol. The van der Waals surface area contributed by atoms with Gasteiger partial charge in [0.1, 0.15) is 0 Å². The second-order valence-electron chi connectivity index (χ2n) is 4.19. The zero-order valence-electron chi connectivity index (χ0n) is 9.23. The van der Waals surface area contributed by atoms with Crippen molar-refractivity contribution in [2.45, 2.75) is 38.4 Å². The summed E-state index contributed by atoms with van der Waals surface area (Å²) in [5.74, 6) is 0. The van der Waals surface area contributed by atoms with Gasteiger partial charge in [-0.2, -0.15) is 0 Å². The van der Waals surface area contributed by atoms with Crippen LogP contribution in [0.5, 0.6) is 0 Å². The third kappa shape index (κ3) is 3.21. The molecule has 0 amide bonds. The smallest absolute Gasteiger partial charge is 0.0762 e. The first kappa shape index (κ1) is 10.4. The van der Waals surface area contributed by atoms with E-state index in [1.165, 1.54) is 18.4 Å². The average Bonchev–Trinajstić information content (AvgIpc) is 2.28. The fourth-order valence-electron chi connectivity index (χ4n) is 1.97. The van der Waals surface area contributed by atoms with Gasteiger partial charge in [-0.1, -0.05) is 42.5 Å². The first-order valence-corrected chi connectivity index (χ1v) is 5.73. The van der Waals surface area contributed by atoms with E-state index in [1.807, 2.05) is 6.07 Å². The van der Waals surface area contributed by atoms with Crippen molar-refractivity contribution in [1.29, 1.82) is 0 Å². The van der Waals surface area contributed by atoms with Crippen LogP contribution in [0.1, 0.15) is 31.7 Å². The molecule has 15 heavy (non-hydrogen) atoms. The number of rotatable bonds is 2. The van der Waals surface area contributed by atoms with E-state index in [0.29, 0.717) is 12.2 Å². The van der Waals surface area contributed by atoms with E-state index in [1.54, 1.807) is 0 Å². The van der Waals surface area contributed by atoms with E-state index in [2.05, 4.69) is 43.3 Å². The number of ether oxygens (including phenoxy) is 1. The van der Waals surface area contributed by atoms with Crippen LogP contribution in [0.3, 0.4) is 0 Å². The normalized spacial score (nSPS) is 27.0. The Balaban J connectivity index is 1.93. The molecule has 0 aromatic heterocycles. The average molecular weight is 202 g/mol. The molecule has 1 aliphatic rings. The third-order valence-electron chi connectivity index (χ3n) is 2.81. The molecule has 1 heterocycles. The Hall–Kier alpha value is -1.08. The summed E-state index contributed by atoms with van der Waals surface area (Å²) in [6, 6.07) is 10.4. The van der Waals surface area contributed by atoms with Gasteiger partial charge in [0.2, 0.25) is 0 Å². The zero-order chi connectivity index (χ0) is 10.5. The third-order valence-corrected chi connectivity index (χ3v) is 2.81. The quantitative estimate of drug-likeness (QED) is 0.711. The van der Waals surface area contributed by atoms with Crippen LogP contribution >= 0.6 is 0 Å². The Morgan fingerprint density at radius 3 is 2.73 bits per heavy atom. The molecule has 1 fully saturated rings. The highest BCUT2D eigenvalue weighted by atomic mass is 16.5. The van der Waals surface area contributed by atoms with Gasteiger partial charge in [0.05, 0.1) is 12.2 Å². The molecule has 1 saturated heterocycles. The van der Waals surface area contributed by atoms with Crippen molar-refractivity contribution in [2.75, 3.05) is 0 Å². The highest BCUT2D eigenvalue weighted by Crippen LogP contribution is 2.20. The van der Waals surface area contributed by atoms with E-state index in [0.717, 1.165) is 6.42 Å². The highest BCUT2D eigenvalue weighted by molar-refractivity contribution is 5.49. The monoisotopic (exact) mass is 202 g/mol. The first-order chi connectivity index (χ1) is 7.34. The van der Waals surface area contributed by atoms with Gasteiger partial charge >= 0.3 is 0 Å². The van der Waals surface area contributed by atoms with Gasteiger partial charge in [-0.15, -0.1) is 0 Å². The second-order valence-corrected chi connectivity index (χ2v) is 4.19. The Morgan fingerprint density at radius 1 is 1.20 bits per heavy atom. The van der Waals surface area contributed by atoms with Crippen LogP contribution in [0.25, 0.3) is 6.08 Å². The molecule has 2 rings (SSSR count). The molecule has 1 aromatic rings. The summed E-state index contributed by atoms with van der Waals surface area (Å²) in [4.78, 5) is 0. The molecule has 80 valence electrons. The van der Waals surface area contributed by atoms with Gasteiger partial charge in [0.25, 0.3) is 0 Å². The summed E-state index contributed by atoms with van der Waals surface area (Å²) in [5, 5.41) is 0. The van der Waals surface area contributed by atoms with Crippen LogP contribution in [0, 0.1) is 0 Å². The molecule has 2 unspecified atom stereocenters. The number of benzene rings is 1. The topological polar surface area (TPSA) is 9.23 Å². The summed E-state index contributed by atoms with van der Waals surface area (Å²) in [5.41, 5.74) is 1.25. The second kappa shape index (κ2) is 5.13. The van der Waals surface area contributed by atoms with Gasteiger partial charge in [-0.05, 0) is 31.7 Å². The predicted octanol–water partition coefficient (Wildman–Crippen LogP) is 3.66. The maximum Gasteiger partial charge on any atom is 0.0762 e. The Morgan fingerprint density at radius 2 is 2.00 bits per heavy atom. The van der Waals surface area contributed by atoms with Gasteiger partial charge < -0.3 is 4.74 Å². The van der Waals surface area contributed by atoms with Gasteiger partial charge in [0, 0.05) is 0 Å². The van der Waals surface area contributed by atoms with Crippen LogP contribution in [0.2, 0.25) is 0 Å². The number of hydrogen-bond donors (Lipinski definition) is 0. The summed E-state index contributed by atoms with van der Waals surface area (Å²) < 4.78 is 5.82. The van der Waals surface area contributed by atoms with Crippen molar-refractivity contribution in [1.82, 2.24) is 0 Å². The summed E-state index contributed by atoms with van der Waals surface area (Å²) in [6.07, 6.45) is 8.72. The van der Waals surface area contributed by atoms with Gasteiger partial charge in [-0.3, -0.25) is 0 Å². The lowest BCUT2D eigenvalue weighted by Gasteiger charge is -2.25. The molecule has 1 nitrogen and oxygen atoms in total. The first-order valence-electron chi connectivity index (χ1n) is 5.73. The van der Waals surface area contributed by atoms with E-state index in [-0.39, 0.29) is 0 Å². The minimum absolute atomic E-state index is 0.314. The van der Waals surface area contributed by atoms with Gasteiger partial charge in [-0.25, -0.2) is 0 Å². The van der Waals surface area contributed by atoms with Crippen molar-refractivity contribution < 1.29 is 4.74 Å². The maximum atomic E-state index is 5.82. The highest BCUT2D eigenvalue weighted by Gasteiger charge is 2.15. The van der Waals surface area contributed by atoms with Crippen LogP contribution in [0.15, 0.2) is 36.4 Å². The molecule has 1 aromatic carbocycles. The van der Waals surface area contributed by atoms with E-state index < -0.39 is 0 Å². The summed E-state index contributed by atoms with van der Waals surface area (Å²) in [7, 11) is 0. The Bertz CT molecular complexity index is 315. The maximum absolute atomic E-state index is 5.82. The lowest BCUT2D eigenvalue weighted by Crippen LogP contribution is -2.23. The van der Waals surface area contributed by atoms with Crippen LogP contribution < -0.4 is 0 Å². The van der Waals surface area contributed by atoms with Crippen LogP contribution in [0.4, 0.5) is 0 Å². The summed E-state index contributed by atoms with van der Waals surface area (Å²) in [6.45, 7) is 2.16. The molecular weight excluding hydrogens is 184 g/mol. The Labute approximate surface area is 91.8 Å². The van der Waals surface area contributed by atoms with Crippen molar-refractivity contribution in [2.24, 2.45) is 0 Å². The van der Waals surface area contributed by atoms with E-state index in [4.69, 9.17) is 4.74 Å². The molecular formula is C14H18O.